The van der Waals surface area contributed by atoms with Crippen LogP contribution >= 0.6 is 0 Å². The number of nitrogens with zero attached hydrogens (tertiary/aromatic N) is 1. The van der Waals surface area contributed by atoms with Crippen LogP contribution in [0.15, 0.2) is 48.8 Å². The first kappa shape index (κ1) is 11.1. The van der Waals surface area contributed by atoms with E-state index in [-0.39, 0.29) is 0 Å². The van der Waals surface area contributed by atoms with E-state index in [1.165, 1.54) is 0 Å². The predicted octanol–water partition coefficient (Wildman–Crippen LogP) is 1.76. The molecule has 0 aliphatic rings. The molecule has 0 aliphatic heterocycles. The first-order valence-corrected chi connectivity index (χ1v) is 5.18. The van der Waals surface area contributed by atoms with E-state index in [1.807, 2.05) is 12.1 Å². The fourth-order valence-corrected chi connectivity index (χ4v) is 1.44. The summed E-state index contributed by atoms with van der Waals surface area (Å²) in [5.74, 6) is -0.00404. The summed E-state index contributed by atoms with van der Waals surface area (Å²) in [5.41, 5.74) is 6.57. The summed E-state index contributed by atoms with van der Waals surface area (Å²) in [7, 11) is 0. The number of amides is 1. The van der Waals surface area contributed by atoms with E-state index < -0.39 is 5.91 Å². The van der Waals surface area contributed by atoms with Crippen molar-refractivity contribution in [2.45, 2.75) is 6.61 Å². The van der Waals surface area contributed by atoms with E-state index in [9.17, 15) is 4.79 Å². The number of rotatable bonds is 4. The van der Waals surface area contributed by atoms with Crippen LogP contribution in [-0.2, 0) is 6.61 Å². The Morgan fingerprint density at radius 2 is 2.06 bits per heavy atom. The normalized spacial score (nSPS) is 9.88. The molecule has 4 heteroatoms. The number of hydrogen-bond acceptors (Lipinski definition) is 3. The standard InChI is InChI=1S/C13H12N2O2/c14-13(16)11-5-1-2-6-12(11)17-9-10-4-3-7-15-8-10/h1-8H,9H2,(H2,14,16). The Labute approximate surface area is 99.1 Å². The number of nitrogens with two attached hydrogens (primary N) is 1. The molecule has 0 unspecified atom stereocenters. The molecular weight excluding hydrogens is 216 g/mol. The van der Waals surface area contributed by atoms with Gasteiger partial charge in [-0.05, 0) is 18.2 Å². The second kappa shape index (κ2) is 5.12. The quantitative estimate of drug-likeness (QED) is 0.867. The molecule has 0 radical (unpaired) electrons. The third-order valence-electron chi connectivity index (χ3n) is 2.27. The van der Waals surface area contributed by atoms with Crippen molar-refractivity contribution in [3.05, 3.63) is 59.9 Å². The number of pyridine rings is 1. The molecule has 1 amide bonds. The van der Waals surface area contributed by atoms with Crippen molar-refractivity contribution in [3.63, 3.8) is 0 Å². The molecule has 17 heavy (non-hydrogen) atoms. The Morgan fingerprint density at radius 3 is 2.76 bits per heavy atom. The maximum absolute atomic E-state index is 11.2. The molecule has 2 rings (SSSR count). The van der Waals surface area contributed by atoms with E-state index in [2.05, 4.69) is 4.98 Å². The number of benzene rings is 1. The predicted molar refractivity (Wildman–Crippen MR) is 63.5 cm³/mol. The largest absolute Gasteiger partial charge is 0.488 e. The van der Waals surface area contributed by atoms with Crippen LogP contribution in [0.5, 0.6) is 5.75 Å². The molecule has 0 spiro atoms. The van der Waals surface area contributed by atoms with Crippen LogP contribution in [0.1, 0.15) is 15.9 Å². The molecule has 1 aromatic heterocycles. The van der Waals surface area contributed by atoms with Gasteiger partial charge in [0.25, 0.3) is 5.91 Å². The van der Waals surface area contributed by atoms with Gasteiger partial charge in [0.15, 0.2) is 0 Å². The first-order chi connectivity index (χ1) is 8.27. The number of primary amides is 1. The van der Waals surface area contributed by atoms with E-state index in [0.29, 0.717) is 17.9 Å². The molecule has 1 heterocycles. The zero-order valence-corrected chi connectivity index (χ0v) is 9.17. The van der Waals surface area contributed by atoms with Crippen molar-refractivity contribution in [3.8, 4) is 5.75 Å². The van der Waals surface area contributed by atoms with Crippen molar-refractivity contribution in [1.82, 2.24) is 4.98 Å². The lowest BCUT2D eigenvalue weighted by atomic mass is 10.2. The zero-order valence-electron chi connectivity index (χ0n) is 9.17. The van der Waals surface area contributed by atoms with Crippen molar-refractivity contribution in [2.24, 2.45) is 5.73 Å². The second-order valence-electron chi connectivity index (χ2n) is 3.51. The van der Waals surface area contributed by atoms with E-state index in [0.717, 1.165) is 5.56 Å². The summed E-state index contributed by atoms with van der Waals surface area (Å²) in [6, 6.07) is 10.6. The molecule has 4 nitrogen and oxygen atoms in total. The second-order valence-corrected chi connectivity index (χ2v) is 3.51. The third kappa shape index (κ3) is 2.81. The first-order valence-electron chi connectivity index (χ1n) is 5.18. The molecular formula is C13H12N2O2. The van der Waals surface area contributed by atoms with Crippen LogP contribution < -0.4 is 10.5 Å². The SMILES string of the molecule is NC(=O)c1ccccc1OCc1cccnc1. The van der Waals surface area contributed by atoms with Gasteiger partial charge >= 0.3 is 0 Å². The van der Waals surface area contributed by atoms with Crippen molar-refractivity contribution < 1.29 is 9.53 Å². The van der Waals surface area contributed by atoms with Crippen molar-refractivity contribution in [1.29, 1.82) is 0 Å². The Kier molecular flexibility index (Phi) is 3.35. The van der Waals surface area contributed by atoms with Crippen LogP contribution in [0.3, 0.4) is 0 Å². The highest BCUT2D eigenvalue weighted by atomic mass is 16.5. The van der Waals surface area contributed by atoms with Gasteiger partial charge in [0.2, 0.25) is 0 Å². The van der Waals surface area contributed by atoms with Gasteiger partial charge in [0.05, 0.1) is 5.56 Å². The number of hydrogen-bond donors (Lipinski definition) is 1. The van der Waals surface area contributed by atoms with Crippen LogP contribution in [-0.4, -0.2) is 10.9 Å². The number of carbonyl (C=O) groups excluding carboxylic acids is 1. The minimum atomic E-state index is -0.494. The van der Waals surface area contributed by atoms with Crippen LogP contribution in [0.4, 0.5) is 0 Å². The van der Waals surface area contributed by atoms with Gasteiger partial charge in [-0.25, -0.2) is 0 Å². The lowest BCUT2D eigenvalue weighted by molar-refractivity contribution is 0.0996. The van der Waals surface area contributed by atoms with Crippen LogP contribution in [0.25, 0.3) is 0 Å². The Hall–Kier alpha value is -2.36. The van der Waals surface area contributed by atoms with Gasteiger partial charge in [-0.2, -0.15) is 0 Å². The highest BCUT2D eigenvalue weighted by molar-refractivity contribution is 5.95. The average molecular weight is 228 g/mol. The fraction of sp³-hybridized carbons (Fsp3) is 0.0769. The molecule has 0 fully saturated rings. The summed E-state index contributed by atoms with van der Waals surface area (Å²) in [6.45, 7) is 0.359. The summed E-state index contributed by atoms with van der Waals surface area (Å²) in [6.07, 6.45) is 3.41. The molecule has 0 saturated heterocycles. The van der Waals surface area contributed by atoms with E-state index in [4.69, 9.17) is 10.5 Å². The van der Waals surface area contributed by atoms with Gasteiger partial charge in [0.1, 0.15) is 12.4 Å². The molecule has 2 aromatic rings. The molecule has 1 aromatic carbocycles. The zero-order chi connectivity index (χ0) is 12.1. The highest BCUT2D eigenvalue weighted by Crippen LogP contribution is 2.18. The molecule has 0 aliphatic carbocycles. The summed E-state index contributed by atoms with van der Waals surface area (Å²) >= 11 is 0. The number of aromatic nitrogens is 1. The number of ether oxygens (including phenoxy) is 1. The maximum Gasteiger partial charge on any atom is 0.252 e. The summed E-state index contributed by atoms with van der Waals surface area (Å²) < 4.78 is 5.54. The molecule has 0 atom stereocenters. The van der Waals surface area contributed by atoms with Gasteiger partial charge in [0, 0.05) is 18.0 Å². The number of para-hydroxylation sites is 1. The minimum Gasteiger partial charge on any atom is -0.488 e. The summed E-state index contributed by atoms with van der Waals surface area (Å²) in [4.78, 5) is 15.1. The highest BCUT2D eigenvalue weighted by Gasteiger charge is 2.07. The Balaban J connectivity index is 2.12. The smallest absolute Gasteiger partial charge is 0.252 e. The van der Waals surface area contributed by atoms with E-state index >= 15 is 0 Å². The molecule has 2 N–H and O–H groups in total. The van der Waals surface area contributed by atoms with Gasteiger partial charge in [-0.1, -0.05) is 18.2 Å². The lowest BCUT2D eigenvalue weighted by Crippen LogP contribution is -2.12. The number of carbonyl (C=O) groups is 1. The molecule has 86 valence electrons. The van der Waals surface area contributed by atoms with Gasteiger partial charge < -0.3 is 10.5 Å². The van der Waals surface area contributed by atoms with Gasteiger partial charge in [-0.15, -0.1) is 0 Å². The van der Waals surface area contributed by atoms with Gasteiger partial charge in [-0.3, -0.25) is 9.78 Å². The Morgan fingerprint density at radius 1 is 1.24 bits per heavy atom. The minimum absolute atomic E-state index is 0.359. The maximum atomic E-state index is 11.2. The monoisotopic (exact) mass is 228 g/mol. The van der Waals surface area contributed by atoms with E-state index in [1.54, 1.807) is 36.7 Å². The van der Waals surface area contributed by atoms with Crippen LogP contribution in [0.2, 0.25) is 0 Å². The lowest BCUT2D eigenvalue weighted by Gasteiger charge is -2.08. The van der Waals surface area contributed by atoms with Crippen LogP contribution in [0, 0.1) is 0 Å². The topological polar surface area (TPSA) is 65.2 Å². The molecule has 0 saturated carbocycles. The fourth-order valence-electron chi connectivity index (χ4n) is 1.44. The van der Waals surface area contributed by atoms with Crippen molar-refractivity contribution >= 4 is 5.91 Å². The Bertz CT molecular complexity index is 512. The summed E-state index contributed by atoms with van der Waals surface area (Å²) in [5, 5.41) is 0. The third-order valence-corrected chi connectivity index (χ3v) is 2.27. The molecule has 0 bridgehead atoms. The average Bonchev–Trinajstić information content (AvgIpc) is 2.38. The van der Waals surface area contributed by atoms with Crippen molar-refractivity contribution in [2.75, 3.05) is 0 Å².